The van der Waals surface area contributed by atoms with Gasteiger partial charge in [-0.25, -0.2) is 0 Å². The molecule has 4 nitrogen and oxygen atoms in total. The summed E-state index contributed by atoms with van der Waals surface area (Å²) in [6, 6.07) is -0.338. The molecule has 16 heavy (non-hydrogen) atoms. The molecule has 0 bridgehead atoms. The molecule has 1 unspecified atom stereocenters. The van der Waals surface area contributed by atoms with E-state index >= 15 is 0 Å². The minimum Gasteiger partial charge on any atom is -0.355 e. The third kappa shape index (κ3) is 4.94. The quantitative estimate of drug-likeness (QED) is 0.657. The van der Waals surface area contributed by atoms with Gasteiger partial charge in [0, 0.05) is 6.54 Å². The fourth-order valence-corrected chi connectivity index (χ4v) is 2.01. The fourth-order valence-electron chi connectivity index (χ4n) is 2.01. The Kier molecular flexibility index (Phi) is 6.42. The normalized spacial score (nSPS) is 19.4. The van der Waals surface area contributed by atoms with Crippen LogP contribution in [0.4, 0.5) is 0 Å². The lowest BCUT2D eigenvalue weighted by Crippen LogP contribution is -2.41. The smallest absolute Gasteiger partial charge is 0.236 e. The third-order valence-electron chi connectivity index (χ3n) is 3.18. The summed E-state index contributed by atoms with van der Waals surface area (Å²) in [5.41, 5.74) is 5.62. The Labute approximate surface area is 98.6 Å². The van der Waals surface area contributed by atoms with Crippen molar-refractivity contribution in [3.8, 4) is 0 Å². The van der Waals surface area contributed by atoms with Crippen molar-refractivity contribution < 1.29 is 4.79 Å². The number of carbonyl (C=O) groups excluding carboxylic acids is 1. The van der Waals surface area contributed by atoms with Crippen molar-refractivity contribution in [2.75, 3.05) is 26.2 Å². The predicted molar refractivity (Wildman–Crippen MR) is 66.2 cm³/mol. The molecule has 1 atom stereocenters. The molecule has 1 aliphatic heterocycles. The van der Waals surface area contributed by atoms with Crippen molar-refractivity contribution in [1.82, 2.24) is 10.2 Å². The van der Waals surface area contributed by atoms with Crippen molar-refractivity contribution in [2.45, 2.75) is 45.1 Å². The van der Waals surface area contributed by atoms with Gasteiger partial charge in [-0.1, -0.05) is 13.3 Å². The number of hydrogen-bond acceptors (Lipinski definition) is 3. The molecule has 1 amide bonds. The summed E-state index contributed by atoms with van der Waals surface area (Å²) in [7, 11) is 0. The van der Waals surface area contributed by atoms with Gasteiger partial charge in [-0.3, -0.25) is 4.79 Å². The van der Waals surface area contributed by atoms with E-state index in [1.54, 1.807) is 0 Å². The number of rotatable bonds is 6. The van der Waals surface area contributed by atoms with Crippen LogP contribution in [0.2, 0.25) is 0 Å². The standard InChI is InChI=1S/C12H25N3O/c1-2-11(13)12(16)14-7-6-10-15-8-4-3-5-9-15/h11H,2-10,13H2,1H3,(H,14,16). The molecule has 4 heteroatoms. The van der Waals surface area contributed by atoms with Gasteiger partial charge in [0.2, 0.25) is 5.91 Å². The van der Waals surface area contributed by atoms with Gasteiger partial charge in [0.25, 0.3) is 0 Å². The van der Waals surface area contributed by atoms with E-state index in [0.717, 1.165) is 19.5 Å². The van der Waals surface area contributed by atoms with Crippen LogP contribution in [0.5, 0.6) is 0 Å². The summed E-state index contributed by atoms with van der Waals surface area (Å²) in [4.78, 5) is 13.9. The van der Waals surface area contributed by atoms with Crippen LogP contribution < -0.4 is 11.1 Å². The predicted octanol–water partition coefficient (Wildman–Crippen LogP) is 0.716. The van der Waals surface area contributed by atoms with Crippen LogP contribution in [0, 0.1) is 0 Å². The highest BCUT2D eigenvalue weighted by molar-refractivity contribution is 5.81. The van der Waals surface area contributed by atoms with Crippen LogP contribution in [-0.2, 0) is 4.79 Å². The highest BCUT2D eigenvalue weighted by Crippen LogP contribution is 2.08. The molecule has 1 fully saturated rings. The second-order valence-corrected chi connectivity index (χ2v) is 4.56. The van der Waals surface area contributed by atoms with Gasteiger partial charge < -0.3 is 16.0 Å². The lowest BCUT2D eigenvalue weighted by Gasteiger charge is -2.26. The molecule has 0 saturated carbocycles. The molecule has 0 spiro atoms. The molecule has 0 aromatic heterocycles. The van der Waals surface area contributed by atoms with Crippen LogP contribution in [0.1, 0.15) is 39.0 Å². The first-order chi connectivity index (χ1) is 7.74. The topological polar surface area (TPSA) is 58.4 Å². The van der Waals surface area contributed by atoms with Gasteiger partial charge in [-0.05, 0) is 45.3 Å². The number of amides is 1. The Bertz CT molecular complexity index is 202. The Hall–Kier alpha value is -0.610. The Balaban J connectivity index is 2.00. The number of nitrogens with two attached hydrogens (primary N) is 1. The van der Waals surface area contributed by atoms with Gasteiger partial charge in [0.1, 0.15) is 0 Å². The van der Waals surface area contributed by atoms with Gasteiger partial charge in [-0.2, -0.15) is 0 Å². The minimum atomic E-state index is -0.338. The van der Waals surface area contributed by atoms with Crippen molar-refractivity contribution in [3.63, 3.8) is 0 Å². The molecule has 0 aromatic carbocycles. The first-order valence-corrected chi connectivity index (χ1v) is 6.49. The molecule has 1 heterocycles. The summed E-state index contributed by atoms with van der Waals surface area (Å²) in [6.07, 6.45) is 5.76. The minimum absolute atomic E-state index is 0.0128. The largest absolute Gasteiger partial charge is 0.355 e. The zero-order valence-electron chi connectivity index (χ0n) is 10.4. The number of hydrogen-bond donors (Lipinski definition) is 2. The summed E-state index contributed by atoms with van der Waals surface area (Å²) in [5, 5.41) is 2.88. The third-order valence-corrected chi connectivity index (χ3v) is 3.18. The number of likely N-dealkylation sites (tertiary alicyclic amines) is 1. The number of carbonyl (C=O) groups is 1. The van der Waals surface area contributed by atoms with Gasteiger partial charge in [0.15, 0.2) is 0 Å². The maximum atomic E-state index is 11.4. The Morgan fingerprint density at radius 1 is 1.38 bits per heavy atom. The van der Waals surface area contributed by atoms with Gasteiger partial charge in [-0.15, -0.1) is 0 Å². The van der Waals surface area contributed by atoms with E-state index in [1.807, 2.05) is 6.92 Å². The van der Waals surface area contributed by atoms with Crippen molar-refractivity contribution in [1.29, 1.82) is 0 Å². The maximum Gasteiger partial charge on any atom is 0.236 e. The highest BCUT2D eigenvalue weighted by atomic mass is 16.2. The SMILES string of the molecule is CCC(N)C(=O)NCCCN1CCCCC1. The van der Waals surface area contributed by atoms with E-state index in [-0.39, 0.29) is 11.9 Å². The molecule has 3 N–H and O–H groups in total. The van der Waals surface area contributed by atoms with Gasteiger partial charge in [0.05, 0.1) is 6.04 Å². The molecule has 0 aromatic rings. The van der Waals surface area contributed by atoms with E-state index in [0.29, 0.717) is 6.42 Å². The number of nitrogens with zero attached hydrogens (tertiary/aromatic N) is 1. The molecular weight excluding hydrogens is 202 g/mol. The zero-order chi connectivity index (χ0) is 11.8. The summed E-state index contributed by atoms with van der Waals surface area (Å²) < 4.78 is 0. The van der Waals surface area contributed by atoms with Crippen molar-refractivity contribution in [3.05, 3.63) is 0 Å². The fraction of sp³-hybridized carbons (Fsp3) is 0.917. The second-order valence-electron chi connectivity index (χ2n) is 4.56. The Morgan fingerprint density at radius 2 is 2.06 bits per heavy atom. The number of nitrogens with one attached hydrogen (secondary N) is 1. The molecule has 1 rings (SSSR count). The first-order valence-electron chi connectivity index (χ1n) is 6.49. The van der Waals surface area contributed by atoms with Crippen molar-refractivity contribution >= 4 is 5.91 Å². The van der Waals surface area contributed by atoms with Crippen LogP contribution in [0.25, 0.3) is 0 Å². The van der Waals surface area contributed by atoms with Crippen LogP contribution in [0.3, 0.4) is 0 Å². The van der Waals surface area contributed by atoms with Crippen molar-refractivity contribution in [2.24, 2.45) is 5.73 Å². The summed E-state index contributed by atoms with van der Waals surface area (Å²) in [5.74, 6) is -0.0128. The summed E-state index contributed by atoms with van der Waals surface area (Å²) in [6.45, 7) is 6.23. The van der Waals surface area contributed by atoms with E-state index < -0.39 is 0 Å². The van der Waals surface area contributed by atoms with E-state index in [4.69, 9.17) is 5.73 Å². The van der Waals surface area contributed by atoms with Crippen LogP contribution >= 0.6 is 0 Å². The average Bonchev–Trinajstić information content (AvgIpc) is 2.34. The molecule has 0 radical (unpaired) electrons. The second kappa shape index (κ2) is 7.63. The lowest BCUT2D eigenvalue weighted by atomic mass is 10.1. The first kappa shape index (κ1) is 13.5. The van der Waals surface area contributed by atoms with Crippen LogP contribution in [0.15, 0.2) is 0 Å². The molecule has 94 valence electrons. The molecule has 1 saturated heterocycles. The molecule has 1 aliphatic rings. The van der Waals surface area contributed by atoms with E-state index in [9.17, 15) is 4.79 Å². The van der Waals surface area contributed by atoms with E-state index in [2.05, 4.69) is 10.2 Å². The lowest BCUT2D eigenvalue weighted by molar-refractivity contribution is -0.122. The summed E-state index contributed by atoms with van der Waals surface area (Å²) >= 11 is 0. The monoisotopic (exact) mass is 227 g/mol. The van der Waals surface area contributed by atoms with Gasteiger partial charge >= 0.3 is 0 Å². The highest BCUT2D eigenvalue weighted by Gasteiger charge is 2.11. The molecular formula is C12H25N3O. The Morgan fingerprint density at radius 3 is 2.69 bits per heavy atom. The average molecular weight is 227 g/mol. The van der Waals surface area contributed by atoms with Crippen LogP contribution in [-0.4, -0.2) is 43.0 Å². The number of piperidine rings is 1. The zero-order valence-corrected chi connectivity index (χ0v) is 10.4. The maximum absolute atomic E-state index is 11.4. The molecule has 0 aliphatic carbocycles. The van der Waals surface area contributed by atoms with E-state index in [1.165, 1.54) is 32.4 Å².